The van der Waals surface area contributed by atoms with E-state index in [0.29, 0.717) is 29.0 Å². The van der Waals surface area contributed by atoms with Gasteiger partial charge in [-0.05, 0) is 55.0 Å². The molecule has 2 aromatic carbocycles. The summed E-state index contributed by atoms with van der Waals surface area (Å²) in [5.74, 6) is 0.0921. The van der Waals surface area contributed by atoms with Crippen LogP contribution in [-0.2, 0) is 16.8 Å². The van der Waals surface area contributed by atoms with Gasteiger partial charge >= 0.3 is 0 Å². The van der Waals surface area contributed by atoms with Crippen molar-refractivity contribution in [3.8, 4) is 0 Å². The molecule has 6 nitrogen and oxygen atoms in total. The smallest absolute Gasteiger partial charge is 0.270 e. The number of benzene rings is 2. The number of carbonyl (C=O) groups excluding carboxylic acids is 1. The summed E-state index contributed by atoms with van der Waals surface area (Å²) in [6.45, 7) is 17.3. The van der Waals surface area contributed by atoms with Crippen molar-refractivity contribution in [1.82, 2.24) is 4.57 Å². The maximum absolute atomic E-state index is 13.5. The van der Waals surface area contributed by atoms with Crippen LogP contribution in [0.15, 0.2) is 72.0 Å². The quantitative estimate of drug-likeness (QED) is 0.198. The van der Waals surface area contributed by atoms with E-state index in [1.54, 1.807) is 12.1 Å². The number of non-ortho nitro benzene ring substituents is 1. The Morgan fingerprint density at radius 2 is 1.86 bits per heavy atom. The van der Waals surface area contributed by atoms with Crippen LogP contribution >= 0.6 is 0 Å². The number of hydrogen-bond donors (Lipinski definition) is 1. The first-order valence-electron chi connectivity index (χ1n) is 12.6. The molecule has 0 aliphatic heterocycles. The van der Waals surface area contributed by atoms with Crippen molar-refractivity contribution in [2.75, 3.05) is 0 Å². The molecule has 0 bridgehead atoms. The maximum atomic E-state index is 13.5. The molecule has 0 spiro atoms. The van der Waals surface area contributed by atoms with Crippen molar-refractivity contribution < 1.29 is 14.8 Å². The Kier molecular flexibility index (Phi) is 6.72. The number of aryl methyl sites for hydroxylation is 2. The molecule has 6 heteroatoms. The predicted octanol–water partition coefficient (Wildman–Crippen LogP) is 7.52. The second kappa shape index (κ2) is 9.51. The van der Waals surface area contributed by atoms with Crippen molar-refractivity contribution in [2.45, 2.75) is 59.9 Å². The number of aromatic nitrogens is 1. The van der Waals surface area contributed by atoms with Gasteiger partial charge in [-0.2, -0.15) is 0 Å². The van der Waals surface area contributed by atoms with Gasteiger partial charge in [0.15, 0.2) is 0 Å². The highest BCUT2D eigenvalue weighted by molar-refractivity contribution is 6.40. The average Bonchev–Trinajstić information content (AvgIpc) is 3.11. The van der Waals surface area contributed by atoms with Gasteiger partial charge in [-0.15, -0.1) is 0 Å². The Morgan fingerprint density at radius 1 is 1.19 bits per heavy atom. The molecular weight excluding hydrogens is 464 g/mol. The molecule has 1 aliphatic rings. The van der Waals surface area contributed by atoms with Gasteiger partial charge < -0.3 is 9.67 Å². The Labute approximate surface area is 217 Å². The van der Waals surface area contributed by atoms with E-state index in [1.165, 1.54) is 12.1 Å². The third-order valence-corrected chi connectivity index (χ3v) is 7.60. The van der Waals surface area contributed by atoms with Crippen LogP contribution in [0.1, 0.15) is 56.5 Å². The van der Waals surface area contributed by atoms with Crippen molar-refractivity contribution in [3.63, 3.8) is 0 Å². The Morgan fingerprint density at radius 3 is 2.46 bits per heavy atom. The number of rotatable bonds is 8. The minimum atomic E-state index is -0.446. The summed E-state index contributed by atoms with van der Waals surface area (Å²) in [5.41, 5.74) is 5.05. The van der Waals surface area contributed by atoms with Crippen LogP contribution < -0.4 is 0 Å². The molecule has 0 saturated heterocycles. The lowest BCUT2D eigenvalue weighted by Gasteiger charge is -2.30. The van der Waals surface area contributed by atoms with Crippen LogP contribution in [0, 0.1) is 29.9 Å². The monoisotopic (exact) mass is 498 g/mol. The molecule has 0 atom stereocenters. The molecule has 0 unspecified atom stereocenters. The van der Waals surface area contributed by atoms with Crippen molar-refractivity contribution in [3.05, 3.63) is 105 Å². The molecule has 0 radical (unpaired) electrons. The fraction of sp³-hybridized carbons (Fsp3) is 0.323. The van der Waals surface area contributed by atoms with Crippen LogP contribution in [0.2, 0.25) is 0 Å². The molecule has 0 saturated carbocycles. The topological polar surface area (TPSA) is 85.4 Å². The zero-order valence-electron chi connectivity index (χ0n) is 22.4. The summed E-state index contributed by atoms with van der Waals surface area (Å²) in [6, 6.07) is 12.8. The highest BCUT2D eigenvalue weighted by Crippen LogP contribution is 2.44. The Hall–Kier alpha value is -3.93. The molecule has 1 aliphatic carbocycles. The molecule has 37 heavy (non-hydrogen) atoms. The summed E-state index contributed by atoms with van der Waals surface area (Å²) in [4.78, 5) is 24.5. The summed E-state index contributed by atoms with van der Waals surface area (Å²) < 4.78 is 2.09. The summed E-state index contributed by atoms with van der Waals surface area (Å²) in [7, 11) is 0. The number of nitro groups is 1. The van der Waals surface area contributed by atoms with Crippen molar-refractivity contribution in [1.29, 1.82) is 0 Å². The van der Waals surface area contributed by atoms with E-state index in [4.69, 9.17) is 0 Å². The fourth-order valence-corrected chi connectivity index (χ4v) is 5.16. The number of nitro benzene ring substituents is 1. The van der Waals surface area contributed by atoms with Gasteiger partial charge in [0, 0.05) is 46.3 Å². The molecule has 0 amide bonds. The third kappa shape index (κ3) is 4.41. The Balaban J connectivity index is 1.82. The molecule has 0 fully saturated rings. The molecule has 4 rings (SSSR count). The fourth-order valence-electron chi connectivity index (χ4n) is 5.16. The van der Waals surface area contributed by atoms with Gasteiger partial charge in [0.25, 0.3) is 5.69 Å². The van der Waals surface area contributed by atoms with E-state index < -0.39 is 10.3 Å². The van der Waals surface area contributed by atoms with Crippen LogP contribution in [0.4, 0.5) is 5.69 Å². The normalized spacial score (nSPS) is 15.1. The van der Waals surface area contributed by atoms with Crippen LogP contribution in [0.5, 0.6) is 0 Å². The second-order valence-corrected chi connectivity index (χ2v) is 10.8. The van der Waals surface area contributed by atoms with E-state index in [9.17, 15) is 20.0 Å². The largest absolute Gasteiger partial charge is 0.506 e. The van der Waals surface area contributed by atoms with Crippen molar-refractivity contribution in [2.24, 2.45) is 5.92 Å². The van der Waals surface area contributed by atoms with Gasteiger partial charge in [-0.1, -0.05) is 58.5 Å². The highest BCUT2D eigenvalue weighted by Gasteiger charge is 2.39. The number of aliphatic hydroxyl groups excluding tert-OH is 1. The first-order chi connectivity index (χ1) is 17.4. The van der Waals surface area contributed by atoms with E-state index in [-0.39, 0.29) is 28.4 Å². The molecule has 1 N–H and O–H groups in total. The first kappa shape index (κ1) is 26.1. The van der Waals surface area contributed by atoms with E-state index in [1.807, 2.05) is 52.0 Å². The standard InChI is InChI=1S/C31H34N2O4/c1-18(2)14-15-32-21(5)27(23-17-22(33(36)37)12-13-26(23)32)28-29(34)24(30(28)35)16-20(4)31(6,7)25-11-9-8-10-19(25)3/h8-13,16-18,34H,4,14-15H2,1-3,5-7H3/b24-16+. The number of allylic oxidation sites excluding steroid dienone is 4. The maximum Gasteiger partial charge on any atom is 0.270 e. The number of fused-ring (bicyclic) bond motifs is 1. The number of carbonyl (C=O) groups is 1. The number of hydrogen-bond acceptors (Lipinski definition) is 4. The summed E-state index contributed by atoms with van der Waals surface area (Å²) in [6.07, 6.45) is 2.59. The average molecular weight is 499 g/mol. The zero-order valence-corrected chi connectivity index (χ0v) is 22.4. The van der Waals surface area contributed by atoms with Gasteiger partial charge in [-0.25, -0.2) is 0 Å². The van der Waals surface area contributed by atoms with Crippen LogP contribution in [-0.4, -0.2) is 20.4 Å². The Bertz CT molecular complexity index is 1520. The van der Waals surface area contributed by atoms with E-state index in [2.05, 4.69) is 25.0 Å². The zero-order chi connectivity index (χ0) is 27.2. The highest BCUT2D eigenvalue weighted by atomic mass is 16.6. The second-order valence-electron chi connectivity index (χ2n) is 10.8. The molecule has 3 aromatic rings. The van der Waals surface area contributed by atoms with Crippen LogP contribution in [0.25, 0.3) is 16.5 Å². The molecular formula is C31H34N2O4. The lowest BCUT2D eigenvalue weighted by Crippen LogP contribution is -2.25. The lowest BCUT2D eigenvalue weighted by atomic mass is 9.74. The van der Waals surface area contributed by atoms with Crippen molar-refractivity contribution >= 4 is 27.9 Å². The SMILES string of the molecule is C=C(/C=C1/C(=O)C(c2c(C)n(CCC(C)C)c3ccc([N+](=O)[O-])cc23)=C1O)C(C)(C)c1ccccc1C. The molecule has 1 heterocycles. The minimum absolute atomic E-state index is 0.0502. The van der Waals surface area contributed by atoms with E-state index >= 15 is 0 Å². The van der Waals surface area contributed by atoms with Gasteiger partial charge in [0.05, 0.1) is 16.1 Å². The van der Waals surface area contributed by atoms with Gasteiger partial charge in [0.2, 0.25) is 5.78 Å². The molecule has 192 valence electrons. The predicted molar refractivity (Wildman–Crippen MR) is 149 cm³/mol. The number of nitrogens with zero attached hydrogens (tertiary/aromatic N) is 2. The minimum Gasteiger partial charge on any atom is -0.506 e. The van der Waals surface area contributed by atoms with Crippen LogP contribution in [0.3, 0.4) is 0 Å². The number of ketones is 1. The van der Waals surface area contributed by atoms with Gasteiger partial charge in [0.1, 0.15) is 5.76 Å². The summed E-state index contributed by atoms with van der Waals surface area (Å²) in [5, 5.41) is 23.2. The van der Waals surface area contributed by atoms with Gasteiger partial charge in [-0.3, -0.25) is 14.9 Å². The third-order valence-electron chi connectivity index (χ3n) is 7.60. The number of aliphatic hydroxyl groups is 1. The number of Topliss-reactive ketones (excluding diaryl/α,β-unsaturated/α-hetero) is 1. The first-order valence-corrected chi connectivity index (χ1v) is 12.6. The molecule has 1 aromatic heterocycles. The lowest BCUT2D eigenvalue weighted by molar-refractivity contribution is -0.384. The summed E-state index contributed by atoms with van der Waals surface area (Å²) >= 11 is 0. The van der Waals surface area contributed by atoms with E-state index in [0.717, 1.165) is 28.8 Å².